The highest BCUT2D eigenvalue weighted by Gasteiger charge is 2.10. The predicted molar refractivity (Wildman–Crippen MR) is 69.1 cm³/mol. The third-order valence-electron chi connectivity index (χ3n) is 2.70. The van der Waals surface area contributed by atoms with Gasteiger partial charge in [-0.25, -0.2) is 0 Å². The molecule has 88 valence electrons. The zero-order chi connectivity index (χ0) is 12.3. The van der Waals surface area contributed by atoms with E-state index >= 15 is 0 Å². The molecule has 0 fully saturated rings. The van der Waals surface area contributed by atoms with Crippen LogP contribution in [-0.4, -0.2) is 10.1 Å². The van der Waals surface area contributed by atoms with Gasteiger partial charge in [0.15, 0.2) is 0 Å². The van der Waals surface area contributed by atoms with Crippen LogP contribution < -0.4 is 0 Å². The highest BCUT2D eigenvalue weighted by Crippen LogP contribution is 2.22. The summed E-state index contributed by atoms with van der Waals surface area (Å²) in [6.45, 7) is 1.93. The van der Waals surface area contributed by atoms with Crippen molar-refractivity contribution in [2.75, 3.05) is 0 Å². The van der Waals surface area contributed by atoms with E-state index in [0.717, 1.165) is 21.8 Å². The second kappa shape index (κ2) is 5.30. The van der Waals surface area contributed by atoms with Gasteiger partial charge in [-0.05, 0) is 36.2 Å². The molecule has 1 heterocycles. The third kappa shape index (κ3) is 3.05. The van der Waals surface area contributed by atoms with Crippen molar-refractivity contribution in [1.29, 1.82) is 0 Å². The fourth-order valence-corrected chi connectivity index (χ4v) is 1.83. The van der Waals surface area contributed by atoms with E-state index in [0.29, 0.717) is 6.42 Å². The van der Waals surface area contributed by atoms with Gasteiger partial charge in [0, 0.05) is 23.3 Å². The molecule has 1 N–H and O–H groups in total. The van der Waals surface area contributed by atoms with Crippen LogP contribution in [0, 0.1) is 6.92 Å². The molecule has 1 aromatic heterocycles. The lowest BCUT2D eigenvalue weighted by Crippen LogP contribution is -2.03. The predicted octanol–water partition coefficient (Wildman–Crippen LogP) is 3.32. The van der Waals surface area contributed by atoms with Gasteiger partial charge >= 0.3 is 0 Å². The molecular formula is C14H14ClNO. The molecule has 1 aromatic carbocycles. The molecule has 0 aliphatic rings. The second-order valence-corrected chi connectivity index (χ2v) is 4.46. The Hall–Kier alpha value is -1.38. The molecule has 0 bridgehead atoms. The van der Waals surface area contributed by atoms with Crippen LogP contribution in [0.4, 0.5) is 0 Å². The van der Waals surface area contributed by atoms with Gasteiger partial charge in [0.1, 0.15) is 0 Å². The highest BCUT2D eigenvalue weighted by atomic mass is 35.5. The number of aliphatic hydroxyl groups is 1. The summed E-state index contributed by atoms with van der Waals surface area (Å²) in [5.41, 5.74) is 2.73. The molecule has 0 radical (unpaired) electrons. The van der Waals surface area contributed by atoms with Gasteiger partial charge < -0.3 is 5.11 Å². The maximum absolute atomic E-state index is 10.1. The molecule has 0 saturated carbocycles. The Morgan fingerprint density at radius 1 is 1.29 bits per heavy atom. The SMILES string of the molecule is Cc1cc(C(O)Cc2ccccn2)ccc1Cl. The van der Waals surface area contributed by atoms with Gasteiger partial charge in [-0.1, -0.05) is 29.8 Å². The van der Waals surface area contributed by atoms with Crippen molar-refractivity contribution in [2.45, 2.75) is 19.4 Å². The van der Waals surface area contributed by atoms with E-state index in [1.165, 1.54) is 0 Å². The molecule has 1 unspecified atom stereocenters. The summed E-state index contributed by atoms with van der Waals surface area (Å²) >= 11 is 5.95. The third-order valence-corrected chi connectivity index (χ3v) is 3.12. The average molecular weight is 248 g/mol. The van der Waals surface area contributed by atoms with Gasteiger partial charge in [0.25, 0.3) is 0 Å². The quantitative estimate of drug-likeness (QED) is 0.903. The van der Waals surface area contributed by atoms with E-state index in [1.807, 2.05) is 43.3 Å². The number of benzene rings is 1. The first-order chi connectivity index (χ1) is 8.16. The Morgan fingerprint density at radius 2 is 2.12 bits per heavy atom. The fraction of sp³-hybridized carbons (Fsp3) is 0.214. The van der Waals surface area contributed by atoms with Gasteiger partial charge in [-0.2, -0.15) is 0 Å². The number of pyridine rings is 1. The molecule has 0 spiro atoms. The summed E-state index contributed by atoms with van der Waals surface area (Å²) < 4.78 is 0. The maximum Gasteiger partial charge on any atom is 0.0845 e. The topological polar surface area (TPSA) is 33.1 Å². The standard InChI is InChI=1S/C14H14ClNO/c1-10-8-11(5-6-13(10)15)14(17)9-12-4-2-3-7-16-12/h2-8,14,17H,9H2,1H3. The van der Waals surface area contributed by atoms with Crippen molar-refractivity contribution in [3.8, 4) is 0 Å². The summed E-state index contributed by atoms with van der Waals surface area (Å²) in [7, 11) is 0. The van der Waals surface area contributed by atoms with Crippen LogP contribution in [0.25, 0.3) is 0 Å². The summed E-state index contributed by atoms with van der Waals surface area (Å²) in [6, 6.07) is 11.3. The van der Waals surface area contributed by atoms with Gasteiger partial charge in [-0.3, -0.25) is 4.98 Å². The Labute approximate surface area is 106 Å². The van der Waals surface area contributed by atoms with Crippen LogP contribution in [0.15, 0.2) is 42.6 Å². The minimum absolute atomic E-state index is 0.516. The Kier molecular flexibility index (Phi) is 3.77. The van der Waals surface area contributed by atoms with E-state index in [4.69, 9.17) is 11.6 Å². The van der Waals surface area contributed by atoms with Gasteiger partial charge in [0.2, 0.25) is 0 Å². The molecule has 17 heavy (non-hydrogen) atoms. The lowest BCUT2D eigenvalue weighted by molar-refractivity contribution is 0.177. The highest BCUT2D eigenvalue weighted by molar-refractivity contribution is 6.31. The Balaban J connectivity index is 2.14. The van der Waals surface area contributed by atoms with Crippen LogP contribution >= 0.6 is 11.6 Å². The molecule has 0 aliphatic heterocycles. The first-order valence-electron chi connectivity index (χ1n) is 5.51. The molecule has 0 aliphatic carbocycles. The smallest absolute Gasteiger partial charge is 0.0845 e. The van der Waals surface area contributed by atoms with Crippen molar-refractivity contribution in [1.82, 2.24) is 4.98 Å². The molecule has 3 heteroatoms. The number of nitrogens with zero attached hydrogens (tertiary/aromatic N) is 1. The Morgan fingerprint density at radius 3 is 2.76 bits per heavy atom. The number of aryl methyl sites for hydroxylation is 1. The minimum Gasteiger partial charge on any atom is -0.388 e. The lowest BCUT2D eigenvalue weighted by Gasteiger charge is -2.11. The van der Waals surface area contributed by atoms with Crippen molar-refractivity contribution in [2.24, 2.45) is 0 Å². The molecule has 0 amide bonds. The van der Waals surface area contributed by atoms with E-state index in [2.05, 4.69) is 4.98 Å². The molecule has 2 aromatic rings. The van der Waals surface area contributed by atoms with E-state index in [-0.39, 0.29) is 0 Å². The zero-order valence-electron chi connectivity index (χ0n) is 9.60. The van der Waals surface area contributed by atoms with Crippen LogP contribution in [0.3, 0.4) is 0 Å². The molecular weight excluding hydrogens is 234 g/mol. The fourth-order valence-electron chi connectivity index (χ4n) is 1.71. The molecule has 2 nitrogen and oxygen atoms in total. The van der Waals surface area contributed by atoms with E-state index < -0.39 is 6.10 Å². The number of halogens is 1. The normalized spacial score (nSPS) is 12.4. The summed E-state index contributed by atoms with van der Waals surface area (Å²) in [4.78, 5) is 4.20. The van der Waals surface area contributed by atoms with Crippen molar-refractivity contribution >= 4 is 11.6 Å². The van der Waals surface area contributed by atoms with Crippen LogP contribution in [0.1, 0.15) is 22.9 Å². The van der Waals surface area contributed by atoms with E-state index in [1.54, 1.807) is 6.20 Å². The number of hydrogen-bond acceptors (Lipinski definition) is 2. The first kappa shape index (κ1) is 12.1. The summed E-state index contributed by atoms with van der Waals surface area (Å²) in [5.74, 6) is 0. The number of hydrogen-bond donors (Lipinski definition) is 1. The number of rotatable bonds is 3. The molecule has 0 saturated heterocycles. The minimum atomic E-state index is -0.541. The second-order valence-electron chi connectivity index (χ2n) is 4.05. The molecule has 1 atom stereocenters. The van der Waals surface area contributed by atoms with Crippen LogP contribution in [-0.2, 0) is 6.42 Å². The monoisotopic (exact) mass is 247 g/mol. The first-order valence-corrected chi connectivity index (χ1v) is 5.88. The summed E-state index contributed by atoms with van der Waals surface area (Å²) in [6.07, 6.45) is 1.71. The zero-order valence-corrected chi connectivity index (χ0v) is 10.4. The van der Waals surface area contributed by atoms with Crippen molar-refractivity contribution < 1.29 is 5.11 Å². The lowest BCUT2D eigenvalue weighted by atomic mass is 10.0. The maximum atomic E-state index is 10.1. The van der Waals surface area contributed by atoms with Crippen molar-refractivity contribution in [3.05, 3.63) is 64.4 Å². The molecule has 2 rings (SSSR count). The average Bonchev–Trinajstić information content (AvgIpc) is 2.34. The summed E-state index contributed by atoms with van der Waals surface area (Å²) in [5, 5.41) is 10.8. The number of aromatic nitrogens is 1. The largest absolute Gasteiger partial charge is 0.388 e. The number of aliphatic hydroxyl groups excluding tert-OH is 1. The Bertz CT molecular complexity index is 499. The van der Waals surface area contributed by atoms with Crippen LogP contribution in [0.5, 0.6) is 0 Å². The van der Waals surface area contributed by atoms with Crippen molar-refractivity contribution in [3.63, 3.8) is 0 Å². The van der Waals surface area contributed by atoms with Gasteiger partial charge in [-0.15, -0.1) is 0 Å². The van der Waals surface area contributed by atoms with E-state index in [9.17, 15) is 5.11 Å². The van der Waals surface area contributed by atoms with Crippen LogP contribution in [0.2, 0.25) is 5.02 Å². The van der Waals surface area contributed by atoms with Gasteiger partial charge in [0.05, 0.1) is 6.10 Å².